The number of thiophene rings is 2. The minimum absolute atomic E-state index is 0.232. The van der Waals surface area contributed by atoms with Crippen molar-refractivity contribution in [3.05, 3.63) is 94.6 Å². The third kappa shape index (κ3) is 4.90. The van der Waals surface area contributed by atoms with Gasteiger partial charge in [0.05, 0.1) is 27.3 Å². The number of aromatic nitrogens is 3. The molecule has 0 aliphatic rings. The van der Waals surface area contributed by atoms with E-state index < -0.39 is 0 Å². The summed E-state index contributed by atoms with van der Waals surface area (Å²) in [5.74, 6) is -0.481. The lowest BCUT2D eigenvalue weighted by molar-refractivity contribution is 0.103. The Morgan fingerprint density at radius 3 is 2.79 bits per heavy atom. The van der Waals surface area contributed by atoms with Gasteiger partial charge < -0.3 is 11.1 Å². The van der Waals surface area contributed by atoms with Gasteiger partial charge in [0.2, 0.25) is 0 Å². The lowest BCUT2D eigenvalue weighted by atomic mass is 10.1. The highest BCUT2D eigenvalue weighted by atomic mass is 32.1. The van der Waals surface area contributed by atoms with Crippen molar-refractivity contribution < 1.29 is 9.18 Å². The standard InChI is InChI=1S/C25H20FN5OS2/c26-18-4-1-3-16(13-18)10-11-31-15-21(29-30-31)23-8-9-24(34-23)25(32)28-20-14-17(6-7-19(20)27)22-5-2-12-33-22/h1-9,12-15H,10-11,27H2,(H,28,32). The largest absolute Gasteiger partial charge is 0.397 e. The maximum atomic E-state index is 13.4. The number of nitrogens with two attached hydrogens (primary N) is 1. The number of rotatable bonds is 7. The van der Waals surface area contributed by atoms with E-state index in [1.54, 1.807) is 34.2 Å². The molecular formula is C25H20FN5OS2. The van der Waals surface area contributed by atoms with E-state index in [4.69, 9.17) is 5.73 Å². The molecule has 34 heavy (non-hydrogen) atoms. The SMILES string of the molecule is Nc1ccc(-c2cccs2)cc1NC(=O)c1ccc(-c2cn(CCc3cccc(F)c3)nn2)s1. The van der Waals surface area contributed by atoms with Crippen molar-refractivity contribution in [3.8, 4) is 21.0 Å². The van der Waals surface area contributed by atoms with Crippen LogP contribution < -0.4 is 11.1 Å². The van der Waals surface area contributed by atoms with Crippen molar-refractivity contribution in [1.29, 1.82) is 0 Å². The van der Waals surface area contributed by atoms with Crippen molar-refractivity contribution in [3.63, 3.8) is 0 Å². The lowest BCUT2D eigenvalue weighted by Crippen LogP contribution is -2.11. The van der Waals surface area contributed by atoms with E-state index in [9.17, 15) is 9.18 Å². The predicted molar refractivity (Wildman–Crippen MR) is 136 cm³/mol. The van der Waals surface area contributed by atoms with Crippen LogP contribution in [0.5, 0.6) is 0 Å². The van der Waals surface area contributed by atoms with Gasteiger partial charge in [0.15, 0.2) is 0 Å². The number of nitrogens with one attached hydrogen (secondary N) is 1. The first kappa shape index (κ1) is 22.0. The molecule has 3 heterocycles. The number of benzene rings is 2. The molecule has 1 amide bonds. The Balaban J connectivity index is 1.26. The number of hydrogen-bond donors (Lipinski definition) is 2. The van der Waals surface area contributed by atoms with E-state index in [-0.39, 0.29) is 11.7 Å². The zero-order valence-corrected chi connectivity index (χ0v) is 19.6. The maximum absolute atomic E-state index is 13.4. The highest BCUT2D eigenvalue weighted by molar-refractivity contribution is 7.17. The Kier molecular flexibility index (Phi) is 6.20. The Morgan fingerprint density at radius 2 is 1.97 bits per heavy atom. The summed E-state index contributed by atoms with van der Waals surface area (Å²) in [7, 11) is 0. The van der Waals surface area contributed by atoms with Gasteiger partial charge in [0.25, 0.3) is 5.91 Å². The van der Waals surface area contributed by atoms with Crippen LogP contribution in [-0.4, -0.2) is 20.9 Å². The van der Waals surface area contributed by atoms with Gasteiger partial charge in [0, 0.05) is 11.4 Å². The molecule has 170 valence electrons. The van der Waals surface area contributed by atoms with Crippen LogP contribution in [0.25, 0.3) is 21.0 Å². The number of nitrogen functional groups attached to an aromatic ring is 1. The van der Waals surface area contributed by atoms with Crippen LogP contribution in [-0.2, 0) is 13.0 Å². The van der Waals surface area contributed by atoms with E-state index >= 15 is 0 Å². The number of nitrogens with zero attached hydrogens (tertiary/aromatic N) is 3. The predicted octanol–water partition coefficient (Wildman–Crippen LogP) is 5.95. The molecule has 3 aromatic heterocycles. The topological polar surface area (TPSA) is 85.8 Å². The number of aryl methyl sites for hydroxylation is 2. The molecule has 0 bridgehead atoms. The molecule has 0 saturated carbocycles. The lowest BCUT2D eigenvalue weighted by Gasteiger charge is -2.09. The zero-order chi connectivity index (χ0) is 23.5. The number of amides is 1. The van der Waals surface area contributed by atoms with Gasteiger partial charge in [-0.2, -0.15) is 0 Å². The normalized spacial score (nSPS) is 11.0. The number of carbonyl (C=O) groups is 1. The van der Waals surface area contributed by atoms with Crippen LogP contribution >= 0.6 is 22.7 Å². The fourth-order valence-electron chi connectivity index (χ4n) is 3.50. The average Bonchev–Trinajstić information content (AvgIpc) is 3.61. The second-order valence-corrected chi connectivity index (χ2v) is 9.68. The van der Waals surface area contributed by atoms with Gasteiger partial charge in [-0.05, 0) is 65.4 Å². The van der Waals surface area contributed by atoms with Gasteiger partial charge >= 0.3 is 0 Å². The van der Waals surface area contributed by atoms with Gasteiger partial charge in [-0.15, -0.1) is 27.8 Å². The van der Waals surface area contributed by atoms with Crippen LogP contribution in [0.3, 0.4) is 0 Å². The number of anilines is 2. The molecule has 5 rings (SSSR count). The van der Waals surface area contributed by atoms with Crippen LogP contribution in [0.1, 0.15) is 15.2 Å². The molecule has 0 spiro atoms. The molecule has 6 nitrogen and oxygen atoms in total. The molecule has 0 unspecified atom stereocenters. The number of halogens is 1. The van der Waals surface area contributed by atoms with E-state index in [1.165, 1.54) is 23.5 Å². The average molecular weight is 490 g/mol. The van der Waals surface area contributed by atoms with E-state index in [2.05, 4.69) is 15.6 Å². The van der Waals surface area contributed by atoms with E-state index in [1.807, 2.05) is 48.0 Å². The summed E-state index contributed by atoms with van der Waals surface area (Å²) in [6.45, 7) is 0.578. The highest BCUT2D eigenvalue weighted by Crippen LogP contribution is 2.31. The van der Waals surface area contributed by atoms with Crippen molar-refractivity contribution >= 4 is 40.0 Å². The summed E-state index contributed by atoms with van der Waals surface area (Å²) >= 11 is 2.96. The minimum Gasteiger partial charge on any atom is -0.397 e. The van der Waals surface area contributed by atoms with E-state index in [0.717, 1.165) is 20.9 Å². The number of carbonyl (C=O) groups excluding carboxylic acids is 1. The zero-order valence-electron chi connectivity index (χ0n) is 17.9. The molecule has 0 saturated heterocycles. The van der Waals surface area contributed by atoms with Crippen LogP contribution in [0.15, 0.2) is 78.3 Å². The first-order chi connectivity index (χ1) is 16.5. The molecule has 2 aromatic carbocycles. The molecular weight excluding hydrogens is 469 g/mol. The molecule has 3 N–H and O–H groups in total. The molecule has 0 atom stereocenters. The van der Waals surface area contributed by atoms with Gasteiger partial charge in [0.1, 0.15) is 11.5 Å². The smallest absolute Gasteiger partial charge is 0.265 e. The second kappa shape index (κ2) is 9.58. The third-order valence-corrected chi connectivity index (χ3v) is 7.27. The van der Waals surface area contributed by atoms with Gasteiger partial charge in [-0.3, -0.25) is 9.48 Å². The number of hydrogen-bond acceptors (Lipinski definition) is 6. The Hall–Kier alpha value is -3.82. The van der Waals surface area contributed by atoms with E-state index in [0.29, 0.717) is 34.9 Å². The summed E-state index contributed by atoms with van der Waals surface area (Å²) in [6, 6.07) is 19.8. The first-order valence-electron chi connectivity index (χ1n) is 10.5. The molecule has 0 aliphatic heterocycles. The summed E-state index contributed by atoms with van der Waals surface area (Å²) in [5.41, 5.74) is 9.76. The fourth-order valence-corrected chi connectivity index (χ4v) is 5.07. The Bertz CT molecular complexity index is 1440. The van der Waals surface area contributed by atoms with Gasteiger partial charge in [-0.1, -0.05) is 29.5 Å². The molecule has 0 aliphatic carbocycles. The summed E-state index contributed by atoms with van der Waals surface area (Å²) in [5, 5.41) is 13.3. The highest BCUT2D eigenvalue weighted by Gasteiger charge is 2.14. The minimum atomic E-state index is -0.249. The van der Waals surface area contributed by atoms with Crippen molar-refractivity contribution in [2.24, 2.45) is 0 Å². The molecule has 5 aromatic rings. The first-order valence-corrected chi connectivity index (χ1v) is 12.2. The van der Waals surface area contributed by atoms with Crippen molar-refractivity contribution in [2.45, 2.75) is 13.0 Å². The summed E-state index contributed by atoms with van der Waals surface area (Å²) < 4.78 is 15.1. The second-order valence-electron chi connectivity index (χ2n) is 7.64. The van der Waals surface area contributed by atoms with Crippen molar-refractivity contribution in [1.82, 2.24) is 15.0 Å². The maximum Gasteiger partial charge on any atom is 0.265 e. The van der Waals surface area contributed by atoms with Crippen molar-refractivity contribution in [2.75, 3.05) is 11.1 Å². The third-order valence-electron chi connectivity index (χ3n) is 5.25. The Morgan fingerprint density at radius 1 is 1.06 bits per heavy atom. The van der Waals surface area contributed by atoms with Crippen LogP contribution in [0.2, 0.25) is 0 Å². The van der Waals surface area contributed by atoms with Crippen LogP contribution in [0.4, 0.5) is 15.8 Å². The molecule has 0 fully saturated rings. The van der Waals surface area contributed by atoms with Gasteiger partial charge in [-0.25, -0.2) is 4.39 Å². The summed E-state index contributed by atoms with van der Waals surface area (Å²) in [6.07, 6.45) is 2.47. The van der Waals surface area contributed by atoms with Crippen LogP contribution in [0, 0.1) is 5.82 Å². The molecule has 0 radical (unpaired) electrons. The Labute approximate surface area is 203 Å². The fraction of sp³-hybridized carbons (Fsp3) is 0.0800. The summed E-state index contributed by atoms with van der Waals surface area (Å²) in [4.78, 5) is 15.4. The monoisotopic (exact) mass is 489 g/mol. The quantitative estimate of drug-likeness (QED) is 0.277. The molecule has 9 heteroatoms.